The van der Waals surface area contributed by atoms with E-state index in [0.717, 1.165) is 17.7 Å². The Morgan fingerprint density at radius 1 is 1.04 bits per heavy atom. The third-order valence-electron chi connectivity index (χ3n) is 4.84. The van der Waals surface area contributed by atoms with Crippen molar-refractivity contribution in [1.82, 2.24) is 4.90 Å². The number of benzene rings is 2. The SMILES string of the molecule is CCCN1C(=O)c2ccccc2NC12C(=O)N(C)c1ccccc12. The highest BCUT2D eigenvalue weighted by Gasteiger charge is 2.57. The average Bonchev–Trinajstić information content (AvgIpc) is 2.82. The first-order valence-electron chi connectivity index (χ1n) is 8.18. The molecule has 0 radical (unpaired) electrons. The molecule has 122 valence electrons. The van der Waals surface area contributed by atoms with E-state index in [1.165, 1.54) is 0 Å². The lowest BCUT2D eigenvalue weighted by molar-refractivity contribution is -0.127. The molecule has 5 nitrogen and oxygen atoms in total. The summed E-state index contributed by atoms with van der Waals surface area (Å²) in [5, 5.41) is 3.39. The van der Waals surface area contributed by atoms with E-state index in [2.05, 4.69) is 5.32 Å². The predicted molar refractivity (Wildman–Crippen MR) is 92.9 cm³/mol. The summed E-state index contributed by atoms with van der Waals surface area (Å²) >= 11 is 0. The van der Waals surface area contributed by atoms with Crippen LogP contribution in [0.15, 0.2) is 48.5 Å². The summed E-state index contributed by atoms with van der Waals surface area (Å²) in [6, 6.07) is 15.0. The second-order valence-corrected chi connectivity index (χ2v) is 6.22. The van der Waals surface area contributed by atoms with E-state index < -0.39 is 5.66 Å². The fourth-order valence-corrected chi connectivity index (χ4v) is 3.75. The Bertz CT molecular complexity index is 848. The zero-order valence-corrected chi connectivity index (χ0v) is 13.7. The van der Waals surface area contributed by atoms with Crippen LogP contribution in [0.4, 0.5) is 11.4 Å². The summed E-state index contributed by atoms with van der Waals surface area (Å²) in [5.41, 5.74) is 1.81. The zero-order chi connectivity index (χ0) is 16.9. The fraction of sp³-hybridized carbons (Fsp3) is 0.263. The molecule has 2 heterocycles. The first kappa shape index (κ1) is 14.8. The Morgan fingerprint density at radius 3 is 2.54 bits per heavy atom. The van der Waals surface area contributed by atoms with Crippen molar-refractivity contribution >= 4 is 23.2 Å². The number of likely N-dealkylation sites (N-methyl/N-ethyl adjacent to an activating group) is 1. The van der Waals surface area contributed by atoms with Gasteiger partial charge in [0.15, 0.2) is 0 Å². The Hall–Kier alpha value is -2.82. The van der Waals surface area contributed by atoms with Gasteiger partial charge in [-0.3, -0.25) is 9.59 Å². The van der Waals surface area contributed by atoms with Crippen molar-refractivity contribution < 1.29 is 9.59 Å². The molecular weight excluding hydrogens is 302 g/mol. The Kier molecular flexibility index (Phi) is 3.13. The van der Waals surface area contributed by atoms with E-state index in [4.69, 9.17) is 0 Å². The summed E-state index contributed by atoms with van der Waals surface area (Å²) in [7, 11) is 1.76. The molecule has 0 saturated heterocycles. The van der Waals surface area contributed by atoms with Crippen molar-refractivity contribution in [2.75, 3.05) is 23.8 Å². The van der Waals surface area contributed by atoms with E-state index in [1.807, 2.05) is 49.4 Å². The minimum atomic E-state index is -1.16. The number of amides is 2. The molecule has 0 fully saturated rings. The number of carbonyl (C=O) groups excluding carboxylic acids is 2. The molecule has 1 atom stereocenters. The number of hydrogen-bond acceptors (Lipinski definition) is 3. The molecule has 2 aromatic rings. The Balaban J connectivity index is 1.99. The molecule has 2 aromatic carbocycles. The third kappa shape index (κ3) is 1.69. The smallest absolute Gasteiger partial charge is 0.278 e. The van der Waals surface area contributed by atoms with Gasteiger partial charge in [0.05, 0.1) is 11.3 Å². The van der Waals surface area contributed by atoms with Crippen LogP contribution in [-0.2, 0) is 10.5 Å². The summed E-state index contributed by atoms with van der Waals surface area (Å²) < 4.78 is 0. The van der Waals surface area contributed by atoms with Crippen molar-refractivity contribution in [3.8, 4) is 0 Å². The summed E-state index contributed by atoms with van der Waals surface area (Å²) in [4.78, 5) is 29.7. The molecular formula is C19H19N3O2. The quantitative estimate of drug-likeness (QED) is 0.925. The molecule has 2 amide bonds. The second kappa shape index (κ2) is 5.09. The van der Waals surface area contributed by atoms with Crippen molar-refractivity contribution in [3.05, 3.63) is 59.7 Å². The minimum absolute atomic E-state index is 0.107. The maximum absolute atomic E-state index is 13.2. The fourth-order valence-electron chi connectivity index (χ4n) is 3.75. The highest BCUT2D eigenvalue weighted by atomic mass is 16.2. The number of hydrogen-bond donors (Lipinski definition) is 1. The summed E-state index contributed by atoms with van der Waals surface area (Å²) in [6.45, 7) is 2.52. The number of fused-ring (bicyclic) bond motifs is 3. The molecule has 0 bridgehead atoms. The molecule has 0 aromatic heterocycles. The van der Waals surface area contributed by atoms with Gasteiger partial charge in [0.2, 0.25) is 5.66 Å². The Morgan fingerprint density at radius 2 is 1.75 bits per heavy atom. The van der Waals surface area contributed by atoms with Crippen LogP contribution in [0.25, 0.3) is 0 Å². The number of nitrogens with zero attached hydrogens (tertiary/aromatic N) is 2. The van der Waals surface area contributed by atoms with Gasteiger partial charge < -0.3 is 15.1 Å². The van der Waals surface area contributed by atoms with E-state index in [1.54, 1.807) is 22.9 Å². The van der Waals surface area contributed by atoms with E-state index in [-0.39, 0.29) is 11.8 Å². The van der Waals surface area contributed by atoms with Gasteiger partial charge in [-0.25, -0.2) is 0 Å². The Labute approximate surface area is 140 Å². The van der Waals surface area contributed by atoms with Crippen LogP contribution in [0, 0.1) is 0 Å². The third-order valence-corrected chi connectivity index (χ3v) is 4.84. The molecule has 2 aliphatic heterocycles. The molecule has 0 aliphatic carbocycles. The normalized spacial score (nSPS) is 21.8. The van der Waals surface area contributed by atoms with Gasteiger partial charge >= 0.3 is 0 Å². The van der Waals surface area contributed by atoms with Crippen LogP contribution >= 0.6 is 0 Å². The van der Waals surface area contributed by atoms with Crippen LogP contribution in [0.5, 0.6) is 0 Å². The molecule has 4 rings (SSSR count). The first-order chi connectivity index (χ1) is 11.6. The monoisotopic (exact) mass is 321 g/mol. The minimum Gasteiger partial charge on any atom is -0.350 e. The van der Waals surface area contributed by atoms with Gasteiger partial charge in [-0.05, 0) is 24.6 Å². The van der Waals surface area contributed by atoms with Crippen LogP contribution < -0.4 is 10.2 Å². The van der Waals surface area contributed by atoms with Gasteiger partial charge in [0.1, 0.15) is 0 Å². The zero-order valence-electron chi connectivity index (χ0n) is 13.7. The number of rotatable bonds is 2. The lowest BCUT2D eigenvalue weighted by Crippen LogP contribution is -2.62. The van der Waals surface area contributed by atoms with Crippen molar-refractivity contribution in [3.63, 3.8) is 0 Å². The molecule has 1 spiro atoms. The standard InChI is InChI=1S/C19H19N3O2/c1-3-12-22-17(23)13-8-4-6-10-15(13)20-19(22)14-9-5-7-11-16(14)21(2)18(19)24/h4-11,20H,3,12H2,1-2H3. The van der Waals surface area contributed by atoms with Crippen LogP contribution in [0.1, 0.15) is 29.3 Å². The highest BCUT2D eigenvalue weighted by molar-refractivity contribution is 6.15. The molecule has 5 heteroatoms. The molecule has 1 unspecified atom stereocenters. The van der Waals surface area contributed by atoms with Crippen LogP contribution in [0.2, 0.25) is 0 Å². The highest BCUT2D eigenvalue weighted by Crippen LogP contribution is 2.47. The van der Waals surface area contributed by atoms with E-state index in [0.29, 0.717) is 17.8 Å². The lowest BCUT2D eigenvalue weighted by Gasteiger charge is -2.45. The topological polar surface area (TPSA) is 52.7 Å². The lowest BCUT2D eigenvalue weighted by atomic mass is 9.93. The van der Waals surface area contributed by atoms with E-state index >= 15 is 0 Å². The van der Waals surface area contributed by atoms with Gasteiger partial charge in [0.25, 0.3) is 11.8 Å². The predicted octanol–water partition coefficient (Wildman–Crippen LogP) is 2.79. The number of para-hydroxylation sites is 2. The molecule has 24 heavy (non-hydrogen) atoms. The largest absolute Gasteiger partial charge is 0.350 e. The van der Waals surface area contributed by atoms with Crippen molar-refractivity contribution in [2.24, 2.45) is 0 Å². The molecule has 2 aliphatic rings. The van der Waals surface area contributed by atoms with Gasteiger partial charge in [-0.1, -0.05) is 37.3 Å². The summed E-state index contributed by atoms with van der Waals surface area (Å²) in [6.07, 6.45) is 0.774. The van der Waals surface area contributed by atoms with Gasteiger partial charge in [-0.15, -0.1) is 0 Å². The van der Waals surface area contributed by atoms with Gasteiger partial charge in [0, 0.05) is 24.8 Å². The average molecular weight is 321 g/mol. The van der Waals surface area contributed by atoms with E-state index in [9.17, 15) is 9.59 Å². The van der Waals surface area contributed by atoms with Crippen LogP contribution in [-0.4, -0.2) is 30.3 Å². The molecule has 0 saturated carbocycles. The van der Waals surface area contributed by atoms with Crippen molar-refractivity contribution in [1.29, 1.82) is 0 Å². The maximum Gasteiger partial charge on any atom is 0.278 e. The number of anilines is 2. The second-order valence-electron chi connectivity index (χ2n) is 6.22. The molecule has 1 N–H and O–H groups in total. The van der Waals surface area contributed by atoms with Crippen LogP contribution in [0.3, 0.4) is 0 Å². The summed E-state index contributed by atoms with van der Waals surface area (Å²) in [5.74, 6) is -0.232. The number of carbonyl (C=O) groups is 2. The maximum atomic E-state index is 13.2. The van der Waals surface area contributed by atoms with Crippen molar-refractivity contribution in [2.45, 2.75) is 19.0 Å². The van der Waals surface area contributed by atoms with Gasteiger partial charge in [-0.2, -0.15) is 0 Å². The first-order valence-corrected chi connectivity index (χ1v) is 8.18. The number of nitrogens with one attached hydrogen (secondary N) is 1.